The van der Waals surface area contributed by atoms with Crippen LogP contribution in [-0.2, 0) is 34.3 Å². The van der Waals surface area contributed by atoms with Gasteiger partial charge < -0.3 is 4.74 Å². The lowest BCUT2D eigenvalue weighted by Gasteiger charge is -2.23. The molecule has 3 rings (SSSR count). The van der Waals surface area contributed by atoms with Gasteiger partial charge in [0.15, 0.2) is 0 Å². The summed E-state index contributed by atoms with van der Waals surface area (Å²) in [5, 5.41) is 0. The summed E-state index contributed by atoms with van der Waals surface area (Å²) in [5.74, 6) is -0.477. The first kappa shape index (κ1) is 22.7. The molecule has 0 bridgehead atoms. The summed E-state index contributed by atoms with van der Waals surface area (Å²) in [4.78, 5) is 16.1. The van der Waals surface area contributed by atoms with Crippen molar-refractivity contribution < 1.29 is 17.9 Å². The summed E-state index contributed by atoms with van der Waals surface area (Å²) in [5.41, 5.74) is 3.20. The van der Waals surface area contributed by atoms with Gasteiger partial charge in [-0.2, -0.15) is 4.31 Å². The van der Waals surface area contributed by atoms with E-state index in [4.69, 9.17) is 4.74 Å². The molecular weight excluding hydrogens is 412 g/mol. The average Bonchev–Trinajstić information content (AvgIpc) is 2.80. The molecule has 0 spiro atoms. The molecule has 1 aromatic heterocycles. The average molecular weight is 439 g/mol. The zero-order chi connectivity index (χ0) is 22.3. The second-order valence-electron chi connectivity index (χ2n) is 7.05. The highest BCUT2D eigenvalue weighted by Gasteiger charge is 2.25. The number of rotatable bonds is 9. The maximum atomic E-state index is 13.5. The van der Waals surface area contributed by atoms with Crippen LogP contribution in [0.4, 0.5) is 0 Å². The van der Waals surface area contributed by atoms with Crippen molar-refractivity contribution in [1.82, 2.24) is 9.29 Å². The van der Waals surface area contributed by atoms with Crippen LogP contribution in [0.2, 0.25) is 0 Å². The molecule has 0 unspecified atom stereocenters. The summed E-state index contributed by atoms with van der Waals surface area (Å²) in [7, 11) is -3.81. The van der Waals surface area contributed by atoms with Gasteiger partial charge in [-0.1, -0.05) is 37.3 Å². The van der Waals surface area contributed by atoms with Crippen molar-refractivity contribution in [3.63, 3.8) is 0 Å². The van der Waals surface area contributed by atoms with Crippen molar-refractivity contribution in [2.75, 3.05) is 6.61 Å². The second-order valence-corrected chi connectivity index (χ2v) is 8.99. The maximum absolute atomic E-state index is 13.5. The molecule has 1 heterocycles. The van der Waals surface area contributed by atoms with Gasteiger partial charge in [-0.25, -0.2) is 13.2 Å². The van der Waals surface area contributed by atoms with Crippen molar-refractivity contribution in [2.45, 2.75) is 38.3 Å². The normalized spacial score (nSPS) is 11.5. The van der Waals surface area contributed by atoms with Crippen LogP contribution < -0.4 is 0 Å². The maximum Gasteiger partial charge on any atom is 0.338 e. The predicted octanol–water partition coefficient (Wildman–Crippen LogP) is 4.21. The number of aryl methyl sites for hydroxylation is 1. The molecule has 0 aliphatic carbocycles. The van der Waals surface area contributed by atoms with Crippen molar-refractivity contribution in [3.8, 4) is 0 Å². The highest BCUT2D eigenvalue weighted by molar-refractivity contribution is 7.89. The standard InChI is InChI=1S/C24H26N2O4S/c1-3-19-7-9-20(10-8-19)17-26(18-21-6-5-15-25-16-21)31(28,29)23-13-11-22(12-14-23)24(27)30-4-2/h5-16H,3-4,17-18H2,1-2H3. The molecular formula is C24H26N2O4S. The third-order valence-corrected chi connectivity index (χ3v) is 6.68. The predicted molar refractivity (Wildman–Crippen MR) is 119 cm³/mol. The van der Waals surface area contributed by atoms with E-state index >= 15 is 0 Å². The van der Waals surface area contributed by atoms with Gasteiger partial charge in [0.1, 0.15) is 0 Å². The number of esters is 1. The van der Waals surface area contributed by atoms with Crippen molar-refractivity contribution in [3.05, 3.63) is 95.3 Å². The lowest BCUT2D eigenvalue weighted by Crippen LogP contribution is -2.30. The lowest BCUT2D eigenvalue weighted by molar-refractivity contribution is 0.0526. The van der Waals surface area contributed by atoms with Gasteiger partial charge in [0.2, 0.25) is 10.0 Å². The monoisotopic (exact) mass is 438 g/mol. The van der Waals surface area contributed by atoms with Crippen molar-refractivity contribution in [1.29, 1.82) is 0 Å². The van der Waals surface area contributed by atoms with E-state index in [2.05, 4.69) is 11.9 Å². The number of carbonyl (C=O) groups is 1. The van der Waals surface area contributed by atoms with Crippen LogP contribution >= 0.6 is 0 Å². The van der Waals surface area contributed by atoms with Crippen LogP contribution in [0.25, 0.3) is 0 Å². The van der Waals surface area contributed by atoms with E-state index in [1.54, 1.807) is 25.4 Å². The fraction of sp³-hybridized carbons (Fsp3) is 0.250. The molecule has 0 saturated carbocycles. The Morgan fingerprint density at radius 3 is 2.13 bits per heavy atom. The van der Waals surface area contributed by atoms with Crippen LogP contribution in [0.3, 0.4) is 0 Å². The molecule has 31 heavy (non-hydrogen) atoms. The van der Waals surface area contributed by atoms with E-state index in [0.717, 1.165) is 17.5 Å². The molecule has 0 aliphatic rings. The van der Waals surface area contributed by atoms with E-state index in [9.17, 15) is 13.2 Å². The minimum atomic E-state index is -3.81. The molecule has 7 heteroatoms. The number of aromatic nitrogens is 1. The molecule has 0 saturated heterocycles. The smallest absolute Gasteiger partial charge is 0.338 e. The van der Waals surface area contributed by atoms with Crippen LogP contribution in [0.5, 0.6) is 0 Å². The van der Waals surface area contributed by atoms with Crippen LogP contribution in [-0.4, -0.2) is 30.3 Å². The van der Waals surface area contributed by atoms with Gasteiger partial charge >= 0.3 is 5.97 Å². The Balaban J connectivity index is 1.91. The first-order valence-corrected chi connectivity index (χ1v) is 11.6. The Morgan fingerprint density at radius 1 is 0.903 bits per heavy atom. The third kappa shape index (κ3) is 5.77. The first-order valence-electron chi connectivity index (χ1n) is 10.2. The number of hydrogen-bond donors (Lipinski definition) is 0. The Morgan fingerprint density at radius 2 is 1.55 bits per heavy atom. The van der Waals surface area contributed by atoms with Crippen molar-refractivity contribution in [2.24, 2.45) is 0 Å². The molecule has 2 aromatic carbocycles. The SMILES string of the molecule is CCOC(=O)c1ccc(S(=O)(=O)N(Cc2ccc(CC)cc2)Cc2cccnc2)cc1. The minimum absolute atomic E-state index is 0.120. The van der Waals surface area contributed by atoms with E-state index in [-0.39, 0.29) is 24.6 Å². The molecule has 0 aliphatic heterocycles. The molecule has 3 aromatic rings. The summed E-state index contributed by atoms with van der Waals surface area (Å²) >= 11 is 0. The summed E-state index contributed by atoms with van der Waals surface area (Å²) < 4.78 is 33.3. The van der Waals surface area contributed by atoms with Gasteiger partial charge in [-0.05, 0) is 60.4 Å². The van der Waals surface area contributed by atoms with E-state index in [1.165, 1.54) is 34.1 Å². The zero-order valence-corrected chi connectivity index (χ0v) is 18.5. The molecule has 6 nitrogen and oxygen atoms in total. The van der Waals surface area contributed by atoms with Gasteiger partial charge in [0.05, 0.1) is 17.1 Å². The minimum Gasteiger partial charge on any atom is -0.462 e. The molecule has 0 atom stereocenters. The number of hydrogen-bond acceptors (Lipinski definition) is 5. The third-order valence-electron chi connectivity index (χ3n) is 4.88. The number of sulfonamides is 1. The van der Waals surface area contributed by atoms with E-state index in [1.807, 2.05) is 30.3 Å². The second kappa shape index (κ2) is 10.3. The molecule has 0 fully saturated rings. The Hall–Kier alpha value is -3.03. The van der Waals surface area contributed by atoms with Gasteiger partial charge in [0.25, 0.3) is 0 Å². The Kier molecular flexibility index (Phi) is 7.55. The van der Waals surface area contributed by atoms with Gasteiger partial charge in [-0.3, -0.25) is 4.98 Å². The molecule has 162 valence electrons. The first-order chi connectivity index (χ1) is 14.9. The summed E-state index contributed by atoms with van der Waals surface area (Å²) in [6.45, 7) is 4.47. The number of benzene rings is 2. The molecule has 0 radical (unpaired) electrons. The Bertz CT molecular complexity index is 1100. The summed E-state index contributed by atoms with van der Waals surface area (Å²) in [6.07, 6.45) is 4.23. The highest BCUT2D eigenvalue weighted by atomic mass is 32.2. The van der Waals surface area contributed by atoms with Crippen LogP contribution in [0, 0.1) is 0 Å². The zero-order valence-electron chi connectivity index (χ0n) is 17.7. The summed E-state index contributed by atoms with van der Waals surface area (Å²) in [6, 6.07) is 17.4. The number of nitrogens with zero attached hydrogens (tertiary/aromatic N) is 2. The van der Waals surface area contributed by atoms with Crippen LogP contribution in [0.1, 0.15) is 40.9 Å². The highest BCUT2D eigenvalue weighted by Crippen LogP contribution is 2.22. The number of ether oxygens (including phenoxy) is 1. The quantitative estimate of drug-likeness (QED) is 0.468. The lowest BCUT2D eigenvalue weighted by atomic mass is 10.1. The largest absolute Gasteiger partial charge is 0.462 e. The fourth-order valence-corrected chi connectivity index (χ4v) is 4.55. The topological polar surface area (TPSA) is 76.6 Å². The van der Waals surface area contributed by atoms with Crippen LogP contribution in [0.15, 0.2) is 78.0 Å². The number of carbonyl (C=O) groups excluding carboxylic acids is 1. The van der Waals surface area contributed by atoms with Gasteiger partial charge in [-0.15, -0.1) is 0 Å². The van der Waals surface area contributed by atoms with E-state index < -0.39 is 16.0 Å². The van der Waals surface area contributed by atoms with Crippen molar-refractivity contribution >= 4 is 16.0 Å². The van der Waals surface area contributed by atoms with E-state index in [0.29, 0.717) is 5.56 Å². The number of pyridine rings is 1. The Labute approximate surface area is 183 Å². The van der Waals surface area contributed by atoms with Gasteiger partial charge in [0, 0.05) is 25.5 Å². The fourth-order valence-electron chi connectivity index (χ4n) is 3.13. The molecule has 0 N–H and O–H groups in total. The molecule has 0 amide bonds.